The van der Waals surface area contributed by atoms with Crippen LogP contribution in [0.25, 0.3) is 6.08 Å². The maximum atomic E-state index is 12.5. The second-order valence-corrected chi connectivity index (χ2v) is 14.0. The monoisotopic (exact) mass is 607 g/mol. The molecular formula is C37H53NO6. The molecule has 3 saturated carbocycles. The van der Waals surface area contributed by atoms with Crippen molar-refractivity contribution in [2.45, 2.75) is 98.7 Å². The molecule has 44 heavy (non-hydrogen) atoms. The van der Waals surface area contributed by atoms with Gasteiger partial charge in [0.2, 0.25) is 0 Å². The second-order valence-electron chi connectivity index (χ2n) is 14.0. The van der Waals surface area contributed by atoms with Gasteiger partial charge in [-0.2, -0.15) is 0 Å². The summed E-state index contributed by atoms with van der Waals surface area (Å²) in [5, 5.41) is 0. The van der Waals surface area contributed by atoms with Crippen LogP contribution in [0.3, 0.4) is 0 Å². The molecule has 1 aromatic rings. The van der Waals surface area contributed by atoms with Crippen molar-refractivity contribution in [3.05, 3.63) is 41.0 Å². The minimum Gasteiger partial charge on any atom is -0.493 e. The molecule has 0 N–H and O–H groups in total. The van der Waals surface area contributed by atoms with Crippen molar-refractivity contribution in [1.29, 1.82) is 0 Å². The highest BCUT2D eigenvalue weighted by atomic mass is 16.5. The van der Waals surface area contributed by atoms with E-state index in [1.165, 1.54) is 25.0 Å². The van der Waals surface area contributed by atoms with E-state index in [9.17, 15) is 9.59 Å². The van der Waals surface area contributed by atoms with Gasteiger partial charge in [0.25, 0.3) is 0 Å². The number of rotatable bonds is 10. The van der Waals surface area contributed by atoms with E-state index < -0.39 is 0 Å². The number of carbonyl (C=O) groups excluding carboxylic acids is 2. The maximum absolute atomic E-state index is 12.5. The summed E-state index contributed by atoms with van der Waals surface area (Å²) in [4.78, 5) is 26.5. The first-order valence-electron chi connectivity index (χ1n) is 16.8. The Morgan fingerprint density at radius 2 is 1.73 bits per heavy atom. The Labute approximate surface area is 264 Å². The van der Waals surface area contributed by atoms with Gasteiger partial charge < -0.3 is 23.8 Å². The molecule has 0 amide bonds. The molecule has 0 heterocycles. The number of fused-ring (bicyclic) bond motifs is 5. The third kappa shape index (κ3) is 6.31. The molecule has 0 radical (unpaired) electrons. The van der Waals surface area contributed by atoms with Crippen LogP contribution < -0.4 is 9.47 Å². The fourth-order valence-corrected chi connectivity index (χ4v) is 9.25. The van der Waals surface area contributed by atoms with Gasteiger partial charge in [-0.25, -0.2) is 0 Å². The number of nitrogens with zero attached hydrogens (tertiary/aromatic N) is 1. The molecule has 0 saturated heterocycles. The van der Waals surface area contributed by atoms with Crippen molar-refractivity contribution in [1.82, 2.24) is 4.90 Å². The Morgan fingerprint density at radius 1 is 0.977 bits per heavy atom. The van der Waals surface area contributed by atoms with Gasteiger partial charge in [-0.15, -0.1) is 0 Å². The van der Waals surface area contributed by atoms with Crippen molar-refractivity contribution < 1.29 is 28.5 Å². The fourth-order valence-electron chi connectivity index (χ4n) is 9.25. The fraction of sp³-hybridized carbons (Fsp3) is 0.676. The van der Waals surface area contributed by atoms with Crippen LogP contribution in [-0.2, 0) is 19.1 Å². The van der Waals surface area contributed by atoms with Crippen molar-refractivity contribution in [2.24, 2.45) is 28.6 Å². The first kappa shape index (κ1) is 32.6. The van der Waals surface area contributed by atoms with Gasteiger partial charge in [0.15, 0.2) is 11.5 Å². The van der Waals surface area contributed by atoms with Crippen molar-refractivity contribution >= 4 is 18.0 Å². The Hall–Kier alpha value is -2.80. The topological polar surface area (TPSA) is 74.3 Å². The van der Waals surface area contributed by atoms with E-state index >= 15 is 0 Å². The lowest BCUT2D eigenvalue weighted by atomic mass is 9.48. The van der Waals surface area contributed by atoms with E-state index in [0.29, 0.717) is 24.4 Å². The zero-order valence-electron chi connectivity index (χ0n) is 27.9. The third-order valence-electron chi connectivity index (χ3n) is 11.6. The molecule has 1 aromatic carbocycles. The van der Waals surface area contributed by atoms with Crippen LogP contribution in [-0.4, -0.2) is 62.4 Å². The predicted octanol–water partition coefficient (Wildman–Crippen LogP) is 7.24. The number of likely N-dealkylation sites (N-methyl/N-ethyl adjacent to an activating group) is 1. The van der Waals surface area contributed by atoms with Gasteiger partial charge in [-0.05, 0) is 98.1 Å². The lowest BCUT2D eigenvalue weighted by Crippen LogP contribution is -2.51. The predicted molar refractivity (Wildman–Crippen MR) is 172 cm³/mol. The summed E-state index contributed by atoms with van der Waals surface area (Å²) < 4.78 is 23.7. The SMILES string of the molecule is CCN(CC)CCOc1cc(/C=C2\C[C@H]3[C@@H]4CC=C5C[C@@H](OC(C)=O)CC[C@]5(C)[C@H]4CC[C@]3(C)[C@H]2OC(C)=O)ccc1OC. The van der Waals surface area contributed by atoms with Crippen molar-refractivity contribution in [2.75, 3.05) is 33.4 Å². The summed E-state index contributed by atoms with van der Waals surface area (Å²) in [5.41, 5.74) is 3.75. The summed E-state index contributed by atoms with van der Waals surface area (Å²) >= 11 is 0. The van der Waals surface area contributed by atoms with Crippen LogP contribution in [0.1, 0.15) is 92.1 Å². The zero-order valence-corrected chi connectivity index (χ0v) is 27.9. The van der Waals surface area contributed by atoms with Gasteiger partial charge in [0.1, 0.15) is 18.8 Å². The smallest absolute Gasteiger partial charge is 0.303 e. The summed E-state index contributed by atoms with van der Waals surface area (Å²) in [6.07, 6.45) is 11.4. The number of methoxy groups -OCH3 is 1. The van der Waals surface area contributed by atoms with Crippen LogP contribution in [0.5, 0.6) is 11.5 Å². The molecule has 7 atom stereocenters. The van der Waals surface area contributed by atoms with Crippen LogP contribution in [0.4, 0.5) is 0 Å². The highest BCUT2D eigenvalue weighted by Gasteiger charge is 2.61. The van der Waals surface area contributed by atoms with Crippen molar-refractivity contribution in [3.63, 3.8) is 0 Å². The number of hydrogen-bond donors (Lipinski definition) is 0. The van der Waals surface area contributed by atoms with E-state index in [-0.39, 0.29) is 35.0 Å². The molecule has 0 aliphatic heterocycles. The minimum absolute atomic E-state index is 0.00203. The molecule has 0 aromatic heterocycles. The molecule has 4 aliphatic rings. The Bertz CT molecular complexity index is 1280. The van der Waals surface area contributed by atoms with Crippen LogP contribution in [0.2, 0.25) is 0 Å². The molecule has 3 fully saturated rings. The van der Waals surface area contributed by atoms with Crippen LogP contribution in [0, 0.1) is 28.6 Å². The average molecular weight is 608 g/mol. The highest BCUT2D eigenvalue weighted by molar-refractivity contribution is 5.68. The quantitative estimate of drug-likeness (QED) is 0.205. The summed E-state index contributed by atoms with van der Waals surface area (Å²) in [5.74, 6) is 2.61. The third-order valence-corrected chi connectivity index (χ3v) is 11.6. The van der Waals surface area contributed by atoms with E-state index in [0.717, 1.165) is 81.6 Å². The van der Waals surface area contributed by atoms with Gasteiger partial charge in [0, 0.05) is 32.2 Å². The van der Waals surface area contributed by atoms with Gasteiger partial charge in [0.05, 0.1) is 7.11 Å². The number of esters is 2. The largest absolute Gasteiger partial charge is 0.493 e. The highest BCUT2D eigenvalue weighted by Crippen LogP contribution is 2.66. The number of carbonyl (C=O) groups is 2. The Balaban J connectivity index is 1.41. The molecule has 0 spiro atoms. The van der Waals surface area contributed by atoms with Crippen LogP contribution in [0.15, 0.2) is 35.4 Å². The summed E-state index contributed by atoms with van der Waals surface area (Å²) in [6, 6.07) is 6.10. The zero-order chi connectivity index (χ0) is 31.6. The summed E-state index contributed by atoms with van der Waals surface area (Å²) in [7, 11) is 1.67. The summed E-state index contributed by atoms with van der Waals surface area (Å²) in [6.45, 7) is 15.6. The van der Waals surface area contributed by atoms with E-state index in [1.54, 1.807) is 7.11 Å². The molecule has 0 bridgehead atoms. The van der Waals surface area contributed by atoms with E-state index in [4.69, 9.17) is 18.9 Å². The maximum Gasteiger partial charge on any atom is 0.303 e. The standard InChI is InChI=1S/C37H53NO6/c1-8-38(9-2)18-19-42-34-21-26(10-13-33(34)41-7)20-27-22-32-30-12-11-28-23-29(43-24(3)39)14-16-36(28,5)31(30)15-17-37(32,6)35(27)44-25(4)40/h10-11,13,20-21,29-32,35H,8-9,12,14-19,22-23H2,1-7H3/b27-20+/t29-,30+,31-,32-,35-,36-,37-/m0/s1. The van der Waals surface area contributed by atoms with Gasteiger partial charge >= 0.3 is 11.9 Å². The van der Waals surface area contributed by atoms with Crippen molar-refractivity contribution in [3.8, 4) is 11.5 Å². The molecule has 4 aliphatic carbocycles. The molecule has 7 heteroatoms. The molecule has 0 unspecified atom stereocenters. The molecular weight excluding hydrogens is 554 g/mol. The lowest BCUT2D eigenvalue weighted by molar-refractivity contribution is -0.154. The Morgan fingerprint density at radius 3 is 2.41 bits per heavy atom. The van der Waals surface area contributed by atoms with Gasteiger partial charge in [-0.1, -0.05) is 51.5 Å². The number of hydrogen-bond acceptors (Lipinski definition) is 7. The van der Waals surface area contributed by atoms with Gasteiger partial charge in [-0.3, -0.25) is 9.59 Å². The second kappa shape index (κ2) is 13.3. The van der Waals surface area contributed by atoms with E-state index in [1.807, 2.05) is 6.07 Å². The Kier molecular flexibility index (Phi) is 9.84. The number of allylic oxidation sites excluding steroid dienone is 1. The molecule has 242 valence electrons. The lowest BCUT2D eigenvalue weighted by Gasteiger charge is -2.57. The number of ether oxygens (including phenoxy) is 4. The number of benzene rings is 1. The van der Waals surface area contributed by atoms with E-state index in [2.05, 4.69) is 56.9 Å². The molecule has 7 nitrogen and oxygen atoms in total. The minimum atomic E-state index is -0.238. The van der Waals surface area contributed by atoms with Crippen LogP contribution >= 0.6 is 0 Å². The first-order valence-corrected chi connectivity index (χ1v) is 16.8. The normalized spacial score (nSPS) is 33.6. The first-order chi connectivity index (χ1) is 21.0. The molecule has 5 rings (SSSR count). The average Bonchev–Trinajstić information content (AvgIpc) is 3.25.